The summed E-state index contributed by atoms with van der Waals surface area (Å²) in [6, 6.07) is 20.2. The second-order valence-corrected chi connectivity index (χ2v) is 10.0. The molecule has 0 saturated heterocycles. The van der Waals surface area contributed by atoms with Crippen molar-refractivity contribution in [1.82, 2.24) is 9.88 Å². The average Bonchev–Trinajstić information content (AvgIpc) is 3.55. The summed E-state index contributed by atoms with van der Waals surface area (Å²) < 4.78 is 16.6. The number of carbonyl (C=O) groups excluding carboxylic acids is 1. The van der Waals surface area contributed by atoms with Crippen LogP contribution in [0.15, 0.2) is 60.7 Å². The van der Waals surface area contributed by atoms with Gasteiger partial charge in [0.2, 0.25) is 6.79 Å². The summed E-state index contributed by atoms with van der Waals surface area (Å²) in [5.41, 5.74) is 6.62. The lowest BCUT2D eigenvalue weighted by molar-refractivity contribution is 0.0586. The van der Waals surface area contributed by atoms with Crippen molar-refractivity contribution in [2.45, 2.75) is 39.2 Å². The average molecular weight is 497 g/mol. The molecule has 0 spiro atoms. The molecule has 2 aliphatic rings. The largest absolute Gasteiger partial charge is 0.497 e. The van der Waals surface area contributed by atoms with Gasteiger partial charge in [-0.2, -0.15) is 0 Å². The molecule has 6 rings (SSSR count). The first kappa shape index (κ1) is 23.5. The van der Waals surface area contributed by atoms with Gasteiger partial charge in [0.05, 0.1) is 13.2 Å². The van der Waals surface area contributed by atoms with E-state index in [1.165, 1.54) is 22.1 Å². The van der Waals surface area contributed by atoms with E-state index in [0.29, 0.717) is 6.54 Å². The molecule has 2 aliphatic heterocycles. The van der Waals surface area contributed by atoms with Crippen molar-refractivity contribution >= 4 is 16.8 Å². The predicted octanol–water partition coefficient (Wildman–Crippen LogP) is 6.09. The van der Waals surface area contributed by atoms with E-state index in [9.17, 15) is 4.79 Å². The van der Waals surface area contributed by atoms with Crippen molar-refractivity contribution in [1.29, 1.82) is 0 Å². The Hall–Kier alpha value is -3.93. The van der Waals surface area contributed by atoms with Crippen LogP contribution in [0.1, 0.15) is 52.6 Å². The molecule has 0 fully saturated rings. The number of nitrogens with one attached hydrogen (secondary N) is 1. The van der Waals surface area contributed by atoms with E-state index in [1.54, 1.807) is 7.11 Å². The van der Waals surface area contributed by atoms with Crippen molar-refractivity contribution in [2.75, 3.05) is 20.4 Å². The predicted molar refractivity (Wildman–Crippen MR) is 144 cm³/mol. The molecule has 0 radical (unpaired) electrons. The first-order valence-electron chi connectivity index (χ1n) is 13.0. The molecule has 3 heterocycles. The fourth-order valence-electron chi connectivity index (χ4n) is 5.84. The minimum atomic E-state index is -0.0917. The number of fused-ring (bicyclic) bond motifs is 4. The number of hydrogen-bond donors (Lipinski definition) is 1. The quantitative estimate of drug-likeness (QED) is 0.351. The maximum absolute atomic E-state index is 13.9. The number of aromatic amines is 1. The van der Waals surface area contributed by atoms with E-state index in [4.69, 9.17) is 14.2 Å². The van der Waals surface area contributed by atoms with Gasteiger partial charge in [-0.3, -0.25) is 4.79 Å². The Balaban J connectivity index is 1.39. The Bertz CT molecular complexity index is 1460. The standard InChI is InChI=1S/C31H32N2O4/c1-4-20-5-8-22(9-6-20)31(34)33-14-13-24-25-17-23(35-3)10-11-26(25)32-29(24)30(33)19(2)15-21-7-12-27-28(16-21)37-18-36-27/h5-12,16-17,19,30,32H,4,13-15,18H2,1-3H3/t19-,30+/m0/s1. The maximum Gasteiger partial charge on any atom is 0.254 e. The Kier molecular flexibility index (Phi) is 6.03. The number of nitrogens with zero attached hydrogens (tertiary/aromatic N) is 1. The molecule has 0 bridgehead atoms. The summed E-state index contributed by atoms with van der Waals surface area (Å²) in [5.74, 6) is 2.65. The summed E-state index contributed by atoms with van der Waals surface area (Å²) in [6.07, 6.45) is 2.56. The lowest BCUT2D eigenvalue weighted by atomic mass is 9.85. The molecule has 0 aliphatic carbocycles. The van der Waals surface area contributed by atoms with Crippen molar-refractivity contribution < 1.29 is 19.0 Å². The fourth-order valence-corrected chi connectivity index (χ4v) is 5.84. The number of rotatable bonds is 6. The second kappa shape index (κ2) is 9.51. The van der Waals surface area contributed by atoms with Crippen molar-refractivity contribution in [3.63, 3.8) is 0 Å². The molecule has 0 saturated carbocycles. The maximum atomic E-state index is 13.9. The van der Waals surface area contributed by atoms with Gasteiger partial charge in [0.25, 0.3) is 5.91 Å². The lowest BCUT2D eigenvalue weighted by Crippen LogP contribution is -2.43. The first-order valence-corrected chi connectivity index (χ1v) is 13.0. The van der Waals surface area contributed by atoms with Gasteiger partial charge in [-0.15, -0.1) is 0 Å². The smallest absolute Gasteiger partial charge is 0.254 e. The third-order valence-corrected chi connectivity index (χ3v) is 7.78. The van der Waals surface area contributed by atoms with E-state index in [2.05, 4.69) is 60.1 Å². The molecule has 1 aromatic heterocycles. The van der Waals surface area contributed by atoms with E-state index in [0.717, 1.165) is 53.3 Å². The highest BCUT2D eigenvalue weighted by molar-refractivity contribution is 5.95. The van der Waals surface area contributed by atoms with Gasteiger partial charge in [0.15, 0.2) is 11.5 Å². The first-order chi connectivity index (χ1) is 18.1. The zero-order valence-corrected chi connectivity index (χ0v) is 21.5. The summed E-state index contributed by atoms with van der Waals surface area (Å²) in [5, 5.41) is 1.18. The summed E-state index contributed by atoms with van der Waals surface area (Å²) in [7, 11) is 1.70. The molecule has 2 atom stereocenters. The van der Waals surface area contributed by atoms with Crippen LogP contribution in [0.4, 0.5) is 0 Å². The van der Waals surface area contributed by atoms with Gasteiger partial charge in [0, 0.05) is 28.7 Å². The molecule has 4 aromatic rings. The van der Waals surface area contributed by atoms with E-state index in [1.807, 2.05) is 24.3 Å². The Morgan fingerprint density at radius 3 is 2.62 bits per heavy atom. The van der Waals surface area contributed by atoms with Crippen LogP contribution >= 0.6 is 0 Å². The van der Waals surface area contributed by atoms with Gasteiger partial charge in [-0.05, 0) is 84.3 Å². The monoisotopic (exact) mass is 496 g/mol. The summed E-state index contributed by atoms with van der Waals surface area (Å²) in [4.78, 5) is 19.7. The zero-order valence-electron chi connectivity index (χ0n) is 21.5. The number of methoxy groups -OCH3 is 1. The topological polar surface area (TPSA) is 63.8 Å². The number of carbonyl (C=O) groups is 1. The van der Waals surface area contributed by atoms with Gasteiger partial charge >= 0.3 is 0 Å². The molecule has 0 unspecified atom stereocenters. The summed E-state index contributed by atoms with van der Waals surface area (Å²) in [6.45, 7) is 5.29. The normalized spacial score (nSPS) is 17.1. The number of aryl methyl sites for hydroxylation is 1. The van der Waals surface area contributed by atoms with Crippen LogP contribution in [0.5, 0.6) is 17.2 Å². The molecule has 6 nitrogen and oxygen atoms in total. The number of hydrogen-bond acceptors (Lipinski definition) is 4. The number of ether oxygens (including phenoxy) is 3. The second-order valence-electron chi connectivity index (χ2n) is 10.0. The Morgan fingerprint density at radius 2 is 1.84 bits per heavy atom. The Morgan fingerprint density at radius 1 is 1.05 bits per heavy atom. The molecular weight excluding hydrogens is 464 g/mol. The van der Waals surface area contributed by atoms with E-state index in [-0.39, 0.29) is 24.7 Å². The van der Waals surface area contributed by atoms with Crippen LogP contribution in [0, 0.1) is 5.92 Å². The SMILES string of the molecule is CCc1ccc(C(=O)N2CCc3c([nH]c4ccc(OC)cc34)[C@H]2[C@@H](C)Cc2ccc3c(c2)OCO3)cc1. The summed E-state index contributed by atoms with van der Waals surface area (Å²) >= 11 is 0. The third-order valence-electron chi connectivity index (χ3n) is 7.78. The van der Waals surface area contributed by atoms with E-state index < -0.39 is 0 Å². The Labute approximate surface area is 217 Å². The van der Waals surface area contributed by atoms with Crippen LogP contribution in [-0.4, -0.2) is 36.2 Å². The van der Waals surface area contributed by atoms with Crippen molar-refractivity contribution in [3.8, 4) is 17.2 Å². The van der Waals surface area contributed by atoms with Gasteiger partial charge in [-0.1, -0.05) is 32.0 Å². The van der Waals surface area contributed by atoms with Gasteiger partial charge in [0.1, 0.15) is 5.75 Å². The van der Waals surface area contributed by atoms with Crippen molar-refractivity contribution in [2.24, 2.45) is 5.92 Å². The molecule has 1 N–H and O–H groups in total. The third kappa shape index (κ3) is 4.20. The highest BCUT2D eigenvalue weighted by Crippen LogP contribution is 2.42. The van der Waals surface area contributed by atoms with Gasteiger partial charge < -0.3 is 24.1 Å². The van der Waals surface area contributed by atoms with Gasteiger partial charge in [-0.25, -0.2) is 0 Å². The molecule has 3 aromatic carbocycles. The zero-order chi connectivity index (χ0) is 25.5. The minimum absolute atomic E-state index is 0.0760. The molecule has 6 heteroatoms. The van der Waals surface area contributed by atoms with Crippen LogP contribution in [-0.2, 0) is 19.3 Å². The van der Waals surface area contributed by atoms with Crippen LogP contribution in [0.3, 0.4) is 0 Å². The number of aromatic nitrogens is 1. The highest BCUT2D eigenvalue weighted by atomic mass is 16.7. The van der Waals surface area contributed by atoms with Crippen LogP contribution in [0.2, 0.25) is 0 Å². The van der Waals surface area contributed by atoms with E-state index >= 15 is 0 Å². The van der Waals surface area contributed by atoms with Crippen molar-refractivity contribution in [3.05, 3.63) is 88.6 Å². The number of amides is 1. The highest BCUT2D eigenvalue weighted by Gasteiger charge is 2.37. The molecule has 190 valence electrons. The molecule has 37 heavy (non-hydrogen) atoms. The minimum Gasteiger partial charge on any atom is -0.497 e. The van der Waals surface area contributed by atoms with Crippen LogP contribution < -0.4 is 14.2 Å². The van der Waals surface area contributed by atoms with Crippen LogP contribution in [0.25, 0.3) is 10.9 Å². The number of benzene rings is 3. The lowest BCUT2D eigenvalue weighted by Gasteiger charge is -2.39. The molecule has 1 amide bonds. The fraction of sp³-hybridized carbons (Fsp3) is 0.323. The molecular formula is C31H32N2O4. The number of H-pyrrole nitrogens is 1.